The monoisotopic (exact) mass is 169 g/mol. The van der Waals surface area contributed by atoms with E-state index in [9.17, 15) is 0 Å². The molecule has 1 saturated carbocycles. The maximum absolute atomic E-state index is 2.51. The molecular formula is C11H23N. The molecule has 0 aliphatic heterocycles. The van der Waals surface area contributed by atoms with Crippen molar-refractivity contribution < 1.29 is 0 Å². The van der Waals surface area contributed by atoms with Crippen molar-refractivity contribution in [2.45, 2.75) is 46.1 Å². The van der Waals surface area contributed by atoms with Gasteiger partial charge in [0.2, 0.25) is 0 Å². The van der Waals surface area contributed by atoms with Gasteiger partial charge in [-0.15, -0.1) is 0 Å². The van der Waals surface area contributed by atoms with Crippen molar-refractivity contribution >= 4 is 0 Å². The summed E-state index contributed by atoms with van der Waals surface area (Å²) in [5, 5.41) is 0. The Morgan fingerprint density at radius 3 is 2.42 bits per heavy atom. The lowest BCUT2D eigenvalue weighted by molar-refractivity contribution is 0.0921. The molecule has 1 heteroatoms. The highest BCUT2D eigenvalue weighted by Gasteiger charge is 2.31. The van der Waals surface area contributed by atoms with E-state index < -0.39 is 0 Å². The Morgan fingerprint density at radius 1 is 1.42 bits per heavy atom. The van der Waals surface area contributed by atoms with Gasteiger partial charge in [0.1, 0.15) is 0 Å². The fraction of sp³-hybridized carbons (Fsp3) is 1.00. The molecule has 0 aromatic rings. The van der Waals surface area contributed by atoms with E-state index >= 15 is 0 Å². The Labute approximate surface area is 77.1 Å². The van der Waals surface area contributed by atoms with Crippen LogP contribution >= 0.6 is 0 Å². The van der Waals surface area contributed by atoms with Crippen LogP contribution in [-0.2, 0) is 0 Å². The van der Waals surface area contributed by atoms with E-state index in [2.05, 4.69) is 32.7 Å². The number of rotatable bonds is 4. The second kappa shape index (κ2) is 4.27. The quantitative estimate of drug-likeness (QED) is 0.625. The Kier molecular flexibility index (Phi) is 3.57. The topological polar surface area (TPSA) is 3.24 Å². The Hall–Kier alpha value is -0.0400. The van der Waals surface area contributed by atoms with Crippen LogP contribution in [0.3, 0.4) is 0 Å². The predicted molar refractivity (Wildman–Crippen MR) is 54.3 cm³/mol. The van der Waals surface area contributed by atoms with Crippen LogP contribution in [0, 0.1) is 11.8 Å². The van der Waals surface area contributed by atoms with E-state index in [1.165, 1.54) is 25.8 Å². The summed E-state index contributed by atoms with van der Waals surface area (Å²) in [4.78, 5) is 2.51. The van der Waals surface area contributed by atoms with Crippen LogP contribution in [0.15, 0.2) is 0 Å². The van der Waals surface area contributed by atoms with Crippen LogP contribution < -0.4 is 0 Å². The van der Waals surface area contributed by atoms with Crippen molar-refractivity contribution in [2.24, 2.45) is 11.8 Å². The molecule has 0 N–H and O–H groups in total. The van der Waals surface area contributed by atoms with Crippen molar-refractivity contribution in [3.05, 3.63) is 0 Å². The zero-order chi connectivity index (χ0) is 9.14. The van der Waals surface area contributed by atoms with E-state index in [-0.39, 0.29) is 0 Å². The maximum atomic E-state index is 2.51. The van der Waals surface area contributed by atoms with E-state index in [4.69, 9.17) is 0 Å². The first-order valence-corrected chi connectivity index (χ1v) is 5.35. The lowest BCUT2D eigenvalue weighted by Crippen LogP contribution is -2.41. The largest absolute Gasteiger partial charge is 0.303 e. The molecule has 1 aliphatic carbocycles. The molecule has 0 heterocycles. The van der Waals surface area contributed by atoms with Gasteiger partial charge in [0.05, 0.1) is 0 Å². The lowest BCUT2D eigenvalue weighted by atomic mass is 9.72. The third kappa shape index (κ3) is 2.22. The molecule has 0 aromatic heterocycles. The third-order valence-electron chi connectivity index (χ3n) is 3.36. The molecular weight excluding hydrogens is 146 g/mol. The van der Waals surface area contributed by atoms with Gasteiger partial charge in [-0.2, -0.15) is 0 Å². The predicted octanol–water partition coefficient (Wildman–Crippen LogP) is 2.76. The molecule has 1 atom stereocenters. The Balaban J connectivity index is 2.22. The van der Waals surface area contributed by atoms with Crippen LogP contribution in [0.25, 0.3) is 0 Å². The van der Waals surface area contributed by atoms with Gasteiger partial charge in [-0.05, 0) is 51.6 Å². The molecule has 0 amide bonds. The molecule has 1 rings (SSSR count). The summed E-state index contributed by atoms with van der Waals surface area (Å²) >= 11 is 0. The van der Waals surface area contributed by atoms with Crippen LogP contribution in [0.2, 0.25) is 0 Å². The second-order valence-corrected chi connectivity index (χ2v) is 4.56. The SMILES string of the molecule is CCCN(C)C(C)C1CC(C)C1. The summed E-state index contributed by atoms with van der Waals surface area (Å²) in [5.74, 6) is 1.98. The summed E-state index contributed by atoms with van der Waals surface area (Å²) < 4.78 is 0. The standard InChI is InChI=1S/C11H23N/c1-5-6-12(4)10(3)11-7-9(2)8-11/h9-11H,5-8H2,1-4H3. The summed E-state index contributed by atoms with van der Waals surface area (Å²) in [6, 6.07) is 0.807. The molecule has 0 aromatic carbocycles. The lowest BCUT2D eigenvalue weighted by Gasteiger charge is -2.41. The molecule has 0 saturated heterocycles. The van der Waals surface area contributed by atoms with Crippen LogP contribution in [0.4, 0.5) is 0 Å². The highest BCUT2D eigenvalue weighted by molar-refractivity contribution is 4.84. The zero-order valence-electron chi connectivity index (χ0n) is 9.01. The molecule has 1 unspecified atom stereocenters. The van der Waals surface area contributed by atoms with Gasteiger partial charge in [0.15, 0.2) is 0 Å². The van der Waals surface area contributed by atoms with Crippen LogP contribution in [0.1, 0.15) is 40.0 Å². The zero-order valence-corrected chi connectivity index (χ0v) is 9.01. The third-order valence-corrected chi connectivity index (χ3v) is 3.36. The fourth-order valence-corrected chi connectivity index (χ4v) is 2.27. The van der Waals surface area contributed by atoms with Crippen molar-refractivity contribution in [1.29, 1.82) is 0 Å². The molecule has 1 fully saturated rings. The molecule has 0 bridgehead atoms. The first-order chi connectivity index (χ1) is 5.65. The van der Waals surface area contributed by atoms with Crippen molar-refractivity contribution in [2.75, 3.05) is 13.6 Å². The average Bonchev–Trinajstić information content (AvgIpc) is 1.98. The molecule has 1 aliphatic rings. The Morgan fingerprint density at radius 2 is 2.00 bits per heavy atom. The first-order valence-electron chi connectivity index (χ1n) is 5.35. The van der Waals surface area contributed by atoms with Gasteiger partial charge < -0.3 is 4.90 Å². The van der Waals surface area contributed by atoms with Gasteiger partial charge in [-0.3, -0.25) is 0 Å². The minimum Gasteiger partial charge on any atom is -0.303 e. The summed E-state index contributed by atoms with van der Waals surface area (Å²) in [6.07, 6.45) is 4.19. The first kappa shape index (κ1) is 10.0. The molecule has 12 heavy (non-hydrogen) atoms. The highest BCUT2D eigenvalue weighted by Crippen LogP contribution is 2.36. The van der Waals surface area contributed by atoms with Gasteiger partial charge >= 0.3 is 0 Å². The van der Waals surface area contributed by atoms with Crippen molar-refractivity contribution in [3.63, 3.8) is 0 Å². The van der Waals surface area contributed by atoms with Crippen molar-refractivity contribution in [3.8, 4) is 0 Å². The van der Waals surface area contributed by atoms with E-state index in [1.54, 1.807) is 0 Å². The average molecular weight is 169 g/mol. The molecule has 1 nitrogen and oxygen atoms in total. The van der Waals surface area contributed by atoms with Gasteiger partial charge in [0, 0.05) is 6.04 Å². The second-order valence-electron chi connectivity index (χ2n) is 4.56. The molecule has 0 radical (unpaired) electrons. The molecule has 0 spiro atoms. The van der Waals surface area contributed by atoms with Gasteiger partial charge in [0.25, 0.3) is 0 Å². The summed E-state index contributed by atoms with van der Waals surface area (Å²) in [5.41, 5.74) is 0. The Bertz CT molecular complexity index is 122. The highest BCUT2D eigenvalue weighted by atomic mass is 15.1. The van der Waals surface area contributed by atoms with E-state index in [0.29, 0.717) is 0 Å². The summed E-state index contributed by atoms with van der Waals surface area (Å²) in [6.45, 7) is 8.26. The van der Waals surface area contributed by atoms with E-state index in [1.807, 2.05) is 0 Å². The number of hydrogen-bond acceptors (Lipinski definition) is 1. The molecule has 72 valence electrons. The van der Waals surface area contributed by atoms with Crippen LogP contribution in [0.5, 0.6) is 0 Å². The number of hydrogen-bond donors (Lipinski definition) is 0. The van der Waals surface area contributed by atoms with Gasteiger partial charge in [-0.25, -0.2) is 0 Å². The maximum Gasteiger partial charge on any atom is 0.00923 e. The summed E-state index contributed by atoms with van der Waals surface area (Å²) in [7, 11) is 2.26. The number of nitrogens with zero attached hydrogens (tertiary/aromatic N) is 1. The smallest absolute Gasteiger partial charge is 0.00923 e. The van der Waals surface area contributed by atoms with Gasteiger partial charge in [-0.1, -0.05) is 13.8 Å². The van der Waals surface area contributed by atoms with Crippen LogP contribution in [-0.4, -0.2) is 24.5 Å². The van der Waals surface area contributed by atoms with E-state index in [0.717, 1.165) is 17.9 Å². The van der Waals surface area contributed by atoms with Crippen molar-refractivity contribution in [1.82, 2.24) is 4.90 Å². The minimum absolute atomic E-state index is 0.807. The normalized spacial score (nSPS) is 31.8. The fourth-order valence-electron chi connectivity index (χ4n) is 2.27. The minimum atomic E-state index is 0.807.